The highest BCUT2D eigenvalue weighted by Crippen LogP contribution is 2.22. The Morgan fingerprint density at radius 2 is 2.11 bits per heavy atom. The lowest BCUT2D eigenvalue weighted by Crippen LogP contribution is -2.21. The minimum Gasteiger partial charge on any atom is -0.389 e. The second-order valence-corrected chi connectivity index (χ2v) is 5.25. The predicted molar refractivity (Wildman–Crippen MR) is 70.7 cm³/mol. The van der Waals surface area contributed by atoms with Crippen LogP contribution in [0.1, 0.15) is 34.5 Å². The van der Waals surface area contributed by atoms with E-state index in [4.69, 9.17) is 0 Å². The molecule has 0 aliphatic rings. The third-order valence-corrected chi connectivity index (χ3v) is 3.50. The van der Waals surface area contributed by atoms with Crippen molar-refractivity contribution >= 4 is 23.2 Å². The zero-order chi connectivity index (χ0) is 13.7. The Morgan fingerprint density at radius 3 is 2.61 bits per heavy atom. The summed E-state index contributed by atoms with van der Waals surface area (Å²) in [7, 11) is 0. The van der Waals surface area contributed by atoms with Crippen LogP contribution in [0.4, 0.5) is 0 Å². The van der Waals surface area contributed by atoms with Crippen molar-refractivity contribution in [1.29, 1.82) is 0 Å². The van der Waals surface area contributed by atoms with Crippen molar-refractivity contribution in [2.75, 3.05) is 5.75 Å². The van der Waals surface area contributed by atoms with Crippen molar-refractivity contribution in [3.05, 3.63) is 34.9 Å². The summed E-state index contributed by atoms with van der Waals surface area (Å²) >= 11 is 0.969. The molecule has 0 aliphatic heterocycles. The molecule has 1 aromatic carbocycles. The minimum absolute atomic E-state index is 0.103. The maximum atomic E-state index is 10.8. The summed E-state index contributed by atoms with van der Waals surface area (Å²) < 4.78 is 0. The highest BCUT2D eigenvalue weighted by atomic mass is 32.2. The standard InChI is InChI=1S/C13H16O4S/c1-8-5-10(3-4-11(8)6-14)13(17)12(16)7-18-9(2)15/h3-6,12-13,16-17H,7H2,1-2H3. The Kier molecular flexibility index (Phi) is 5.53. The predicted octanol–water partition coefficient (Wildman–Crippen LogP) is 1.48. The molecule has 0 aliphatic carbocycles. The fraction of sp³-hybridized carbons (Fsp3) is 0.385. The second-order valence-electron chi connectivity index (χ2n) is 4.05. The molecule has 0 saturated heterocycles. The smallest absolute Gasteiger partial charge is 0.185 e. The summed E-state index contributed by atoms with van der Waals surface area (Å²) in [4.78, 5) is 21.4. The fourth-order valence-electron chi connectivity index (χ4n) is 1.53. The molecule has 0 saturated carbocycles. The molecule has 0 amide bonds. The highest BCUT2D eigenvalue weighted by Gasteiger charge is 2.19. The number of aldehydes is 1. The minimum atomic E-state index is -1.06. The van der Waals surface area contributed by atoms with E-state index in [-0.39, 0.29) is 10.9 Å². The second kappa shape index (κ2) is 6.68. The van der Waals surface area contributed by atoms with Crippen LogP contribution in [0.2, 0.25) is 0 Å². The van der Waals surface area contributed by atoms with Crippen LogP contribution in [0, 0.1) is 6.92 Å². The average molecular weight is 268 g/mol. The summed E-state index contributed by atoms with van der Waals surface area (Å²) in [5, 5.41) is 19.6. The van der Waals surface area contributed by atoms with Gasteiger partial charge in [-0.2, -0.15) is 0 Å². The number of carbonyl (C=O) groups excluding carboxylic acids is 2. The number of hydrogen-bond acceptors (Lipinski definition) is 5. The normalized spacial score (nSPS) is 14.0. The van der Waals surface area contributed by atoms with Gasteiger partial charge in [0.2, 0.25) is 0 Å². The van der Waals surface area contributed by atoms with Gasteiger partial charge >= 0.3 is 0 Å². The molecule has 4 nitrogen and oxygen atoms in total. The molecule has 98 valence electrons. The van der Waals surface area contributed by atoms with E-state index in [9.17, 15) is 19.8 Å². The number of hydrogen-bond donors (Lipinski definition) is 2. The van der Waals surface area contributed by atoms with Gasteiger partial charge in [0, 0.05) is 18.2 Å². The molecule has 0 spiro atoms. The number of carbonyl (C=O) groups is 2. The number of benzene rings is 1. The van der Waals surface area contributed by atoms with Crippen LogP contribution in [-0.4, -0.2) is 33.5 Å². The Balaban J connectivity index is 2.76. The summed E-state index contributed by atoms with van der Waals surface area (Å²) in [6.07, 6.45) is -1.33. The monoisotopic (exact) mass is 268 g/mol. The van der Waals surface area contributed by atoms with Gasteiger partial charge in [-0.25, -0.2) is 0 Å². The van der Waals surface area contributed by atoms with Gasteiger partial charge in [-0.3, -0.25) is 9.59 Å². The van der Waals surface area contributed by atoms with E-state index in [2.05, 4.69) is 0 Å². The lowest BCUT2D eigenvalue weighted by Gasteiger charge is -2.18. The van der Waals surface area contributed by atoms with Crippen LogP contribution >= 0.6 is 11.8 Å². The van der Waals surface area contributed by atoms with Gasteiger partial charge in [-0.05, 0) is 18.1 Å². The van der Waals surface area contributed by atoms with Gasteiger partial charge in [0.25, 0.3) is 0 Å². The van der Waals surface area contributed by atoms with E-state index >= 15 is 0 Å². The first-order chi connectivity index (χ1) is 8.45. The molecule has 0 bridgehead atoms. The van der Waals surface area contributed by atoms with Crippen LogP contribution in [0.3, 0.4) is 0 Å². The molecule has 0 fully saturated rings. The molecule has 2 atom stereocenters. The zero-order valence-corrected chi connectivity index (χ0v) is 11.1. The summed E-state index contributed by atoms with van der Waals surface area (Å²) in [5.74, 6) is 0.144. The van der Waals surface area contributed by atoms with Gasteiger partial charge in [0.05, 0.1) is 6.10 Å². The molecule has 2 N–H and O–H groups in total. The van der Waals surface area contributed by atoms with Crippen LogP contribution in [0.15, 0.2) is 18.2 Å². The average Bonchev–Trinajstić information content (AvgIpc) is 2.34. The number of aryl methyl sites for hydroxylation is 1. The Labute approximate surface area is 110 Å². The van der Waals surface area contributed by atoms with Gasteiger partial charge in [-0.1, -0.05) is 30.0 Å². The quantitative estimate of drug-likeness (QED) is 0.791. The summed E-state index contributed by atoms with van der Waals surface area (Å²) in [6.45, 7) is 3.17. The van der Waals surface area contributed by atoms with Gasteiger partial charge in [0.15, 0.2) is 5.12 Å². The van der Waals surface area contributed by atoms with Gasteiger partial charge in [0.1, 0.15) is 12.4 Å². The van der Waals surface area contributed by atoms with Crippen molar-refractivity contribution in [1.82, 2.24) is 0 Å². The summed E-state index contributed by atoms with van der Waals surface area (Å²) in [6, 6.07) is 4.87. The van der Waals surface area contributed by atoms with Crippen molar-refractivity contribution in [2.45, 2.75) is 26.1 Å². The van der Waals surface area contributed by atoms with E-state index in [1.54, 1.807) is 25.1 Å². The van der Waals surface area contributed by atoms with Crippen LogP contribution < -0.4 is 0 Å². The van der Waals surface area contributed by atoms with Crippen molar-refractivity contribution in [3.8, 4) is 0 Å². The van der Waals surface area contributed by atoms with Crippen LogP contribution in [0.5, 0.6) is 0 Å². The first kappa shape index (κ1) is 14.9. The first-order valence-corrected chi connectivity index (χ1v) is 6.49. The topological polar surface area (TPSA) is 74.6 Å². The van der Waals surface area contributed by atoms with E-state index in [1.165, 1.54) is 6.92 Å². The van der Waals surface area contributed by atoms with Crippen molar-refractivity contribution < 1.29 is 19.8 Å². The molecular formula is C13H16O4S. The molecule has 18 heavy (non-hydrogen) atoms. The van der Waals surface area contributed by atoms with E-state index in [1.807, 2.05) is 0 Å². The number of aliphatic hydroxyl groups excluding tert-OH is 2. The molecular weight excluding hydrogens is 252 g/mol. The first-order valence-electron chi connectivity index (χ1n) is 5.51. The maximum Gasteiger partial charge on any atom is 0.185 e. The van der Waals surface area contributed by atoms with Gasteiger partial charge < -0.3 is 10.2 Å². The molecule has 0 heterocycles. The van der Waals surface area contributed by atoms with Gasteiger partial charge in [-0.15, -0.1) is 0 Å². The maximum absolute atomic E-state index is 10.8. The number of aliphatic hydroxyl groups is 2. The molecule has 0 aromatic heterocycles. The molecule has 0 radical (unpaired) electrons. The molecule has 1 rings (SSSR count). The summed E-state index contributed by atoms with van der Waals surface area (Å²) in [5.41, 5.74) is 1.83. The lowest BCUT2D eigenvalue weighted by atomic mass is 10.00. The zero-order valence-electron chi connectivity index (χ0n) is 10.3. The SMILES string of the molecule is CC(=O)SCC(O)C(O)c1ccc(C=O)c(C)c1. The van der Waals surface area contributed by atoms with E-state index < -0.39 is 12.2 Å². The van der Waals surface area contributed by atoms with E-state index in [0.29, 0.717) is 11.1 Å². The fourth-order valence-corrected chi connectivity index (χ4v) is 2.12. The third kappa shape index (κ3) is 3.94. The van der Waals surface area contributed by atoms with Crippen molar-refractivity contribution in [2.24, 2.45) is 0 Å². The van der Waals surface area contributed by atoms with Crippen molar-refractivity contribution in [3.63, 3.8) is 0 Å². The highest BCUT2D eigenvalue weighted by molar-refractivity contribution is 8.13. The third-order valence-electron chi connectivity index (χ3n) is 2.58. The van der Waals surface area contributed by atoms with Crippen LogP contribution in [-0.2, 0) is 4.79 Å². The Bertz CT molecular complexity index is 445. The largest absolute Gasteiger partial charge is 0.389 e. The molecule has 2 unspecified atom stereocenters. The van der Waals surface area contributed by atoms with Crippen LogP contribution in [0.25, 0.3) is 0 Å². The lowest BCUT2D eigenvalue weighted by molar-refractivity contribution is -0.109. The van der Waals surface area contributed by atoms with E-state index in [0.717, 1.165) is 23.6 Å². The number of thioether (sulfide) groups is 1. The molecule has 1 aromatic rings. The molecule has 5 heteroatoms. The number of rotatable bonds is 5. The Morgan fingerprint density at radius 1 is 1.44 bits per heavy atom. The Hall–Kier alpha value is -1.17.